The molecule has 3 nitrogen and oxygen atoms in total. The molecule has 0 fully saturated rings. The highest BCUT2D eigenvalue weighted by molar-refractivity contribution is 9.10. The molecule has 5 heteroatoms. The summed E-state index contributed by atoms with van der Waals surface area (Å²) in [5.41, 5.74) is 0. The molecule has 1 unspecified atom stereocenters. The Hall–Kier alpha value is -1.33. The van der Waals surface area contributed by atoms with Crippen molar-refractivity contribution in [2.24, 2.45) is 0 Å². The Morgan fingerprint density at radius 3 is 3.00 bits per heavy atom. The van der Waals surface area contributed by atoms with E-state index in [4.69, 9.17) is 9.15 Å². The fourth-order valence-electron chi connectivity index (χ4n) is 1.66. The molecule has 0 spiro atoms. The van der Waals surface area contributed by atoms with Crippen molar-refractivity contribution < 1.29 is 13.5 Å². The summed E-state index contributed by atoms with van der Waals surface area (Å²) >= 11 is 3.28. The summed E-state index contributed by atoms with van der Waals surface area (Å²) in [6, 6.07) is 8.49. The highest BCUT2D eigenvalue weighted by atomic mass is 79.9. The van der Waals surface area contributed by atoms with E-state index in [2.05, 4.69) is 21.2 Å². The average molecular weight is 328 g/mol. The van der Waals surface area contributed by atoms with Gasteiger partial charge in [-0.1, -0.05) is 15.9 Å². The first-order chi connectivity index (χ1) is 9.16. The summed E-state index contributed by atoms with van der Waals surface area (Å²) in [5, 5.41) is 3.24. The van der Waals surface area contributed by atoms with Crippen molar-refractivity contribution in [3.05, 3.63) is 52.6 Å². The van der Waals surface area contributed by atoms with Crippen LogP contribution in [0.5, 0.6) is 5.75 Å². The Labute approximate surface area is 119 Å². The Bertz CT molecular complexity index is 516. The Balaban J connectivity index is 1.76. The van der Waals surface area contributed by atoms with Crippen LogP contribution >= 0.6 is 15.9 Å². The molecule has 2 aromatic rings. The van der Waals surface area contributed by atoms with Crippen LogP contribution in [0.4, 0.5) is 4.39 Å². The van der Waals surface area contributed by atoms with E-state index >= 15 is 0 Å². The molecule has 0 bridgehead atoms. The van der Waals surface area contributed by atoms with Crippen LogP contribution in [0.25, 0.3) is 0 Å². The molecule has 0 aliphatic carbocycles. The van der Waals surface area contributed by atoms with Gasteiger partial charge in [-0.25, -0.2) is 4.39 Å². The van der Waals surface area contributed by atoms with E-state index in [1.165, 1.54) is 6.07 Å². The molecule has 19 heavy (non-hydrogen) atoms. The minimum absolute atomic E-state index is 0.103. The Morgan fingerprint density at radius 1 is 1.42 bits per heavy atom. The number of hydrogen-bond acceptors (Lipinski definition) is 3. The van der Waals surface area contributed by atoms with E-state index in [9.17, 15) is 4.39 Å². The van der Waals surface area contributed by atoms with Gasteiger partial charge in [0.15, 0.2) is 11.6 Å². The number of hydrogen-bond donors (Lipinski definition) is 1. The van der Waals surface area contributed by atoms with Gasteiger partial charge in [0.25, 0.3) is 0 Å². The second kappa shape index (κ2) is 6.73. The second-order valence-electron chi connectivity index (χ2n) is 4.11. The monoisotopic (exact) mass is 327 g/mol. The van der Waals surface area contributed by atoms with Gasteiger partial charge in [-0.3, -0.25) is 0 Å². The highest BCUT2D eigenvalue weighted by Gasteiger charge is 2.07. The third-order valence-electron chi connectivity index (χ3n) is 2.67. The van der Waals surface area contributed by atoms with Gasteiger partial charge < -0.3 is 14.5 Å². The van der Waals surface area contributed by atoms with Crippen LogP contribution in [0.3, 0.4) is 0 Å². The number of rotatable bonds is 6. The Kier molecular flexibility index (Phi) is 4.99. The molecule has 1 aromatic heterocycles. The molecule has 1 heterocycles. The minimum Gasteiger partial charge on any atom is -0.489 e. The zero-order valence-electron chi connectivity index (χ0n) is 10.5. The third-order valence-corrected chi connectivity index (χ3v) is 3.17. The van der Waals surface area contributed by atoms with E-state index in [-0.39, 0.29) is 17.6 Å². The zero-order chi connectivity index (χ0) is 13.7. The van der Waals surface area contributed by atoms with Gasteiger partial charge in [0.05, 0.1) is 12.3 Å². The average Bonchev–Trinajstić information content (AvgIpc) is 2.92. The first-order valence-electron chi connectivity index (χ1n) is 6.01. The van der Waals surface area contributed by atoms with Crippen molar-refractivity contribution in [2.75, 3.05) is 13.2 Å². The van der Waals surface area contributed by atoms with Gasteiger partial charge in [0, 0.05) is 11.0 Å². The zero-order valence-corrected chi connectivity index (χ0v) is 12.1. The normalized spacial score (nSPS) is 12.4. The van der Waals surface area contributed by atoms with Crippen molar-refractivity contribution in [1.82, 2.24) is 5.32 Å². The second-order valence-corrected chi connectivity index (χ2v) is 5.03. The summed E-state index contributed by atoms with van der Waals surface area (Å²) in [5.74, 6) is 0.762. The number of halogens is 2. The molecule has 0 amide bonds. The van der Waals surface area contributed by atoms with Crippen LogP contribution in [-0.2, 0) is 0 Å². The fourth-order valence-corrected chi connectivity index (χ4v) is 2.00. The molecule has 1 N–H and O–H groups in total. The lowest BCUT2D eigenvalue weighted by atomic mass is 10.2. The number of nitrogens with one attached hydrogen (secondary N) is 1. The smallest absolute Gasteiger partial charge is 0.165 e. The van der Waals surface area contributed by atoms with Gasteiger partial charge in [-0.2, -0.15) is 0 Å². The van der Waals surface area contributed by atoms with Gasteiger partial charge in [-0.05, 0) is 37.3 Å². The van der Waals surface area contributed by atoms with Crippen LogP contribution in [0.15, 0.2) is 45.5 Å². The summed E-state index contributed by atoms with van der Waals surface area (Å²) < 4.78 is 24.9. The summed E-state index contributed by atoms with van der Waals surface area (Å²) in [6.07, 6.45) is 1.64. The maximum Gasteiger partial charge on any atom is 0.165 e. The van der Waals surface area contributed by atoms with Gasteiger partial charge in [-0.15, -0.1) is 0 Å². The first kappa shape index (κ1) is 14.1. The lowest BCUT2D eigenvalue weighted by molar-refractivity contribution is 0.288. The van der Waals surface area contributed by atoms with Crippen molar-refractivity contribution in [1.29, 1.82) is 0 Å². The van der Waals surface area contributed by atoms with E-state index in [0.717, 1.165) is 10.2 Å². The third kappa shape index (κ3) is 4.08. The van der Waals surface area contributed by atoms with Crippen LogP contribution in [-0.4, -0.2) is 13.2 Å². The van der Waals surface area contributed by atoms with Crippen LogP contribution in [0.2, 0.25) is 0 Å². The van der Waals surface area contributed by atoms with E-state index in [1.807, 2.05) is 19.1 Å². The van der Waals surface area contributed by atoms with Crippen LogP contribution < -0.4 is 10.1 Å². The SMILES string of the molecule is CC(NCCOc1cc(Br)ccc1F)c1ccco1. The van der Waals surface area contributed by atoms with Crippen molar-refractivity contribution in [3.63, 3.8) is 0 Å². The molecule has 0 radical (unpaired) electrons. The predicted octanol–water partition coefficient (Wildman–Crippen LogP) is 3.91. The molecular weight excluding hydrogens is 313 g/mol. The van der Waals surface area contributed by atoms with Crippen LogP contribution in [0, 0.1) is 5.82 Å². The van der Waals surface area contributed by atoms with E-state index in [1.54, 1.807) is 18.4 Å². The molecule has 0 aliphatic heterocycles. The van der Waals surface area contributed by atoms with Gasteiger partial charge >= 0.3 is 0 Å². The molecule has 0 saturated carbocycles. The maximum absolute atomic E-state index is 13.4. The largest absolute Gasteiger partial charge is 0.489 e. The summed E-state index contributed by atoms with van der Waals surface area (Å²) in [7, 11) is 0. The number of furan rings is 1. The topological polar surface area (TPSA) is 34.4 Å². The summed E-state index contributed by atoms with van der Waals surface area (Å²) in [6.45, 7) is 2.99. The van der Waals surface area contributed by atoms with E-state index < -0.39 is 0 Å². The number of benzene rings is 1. The minimum atomic E-state index is -0.359. The molecule has 0 saturated heterocycles. The molecule has 102 valence electrons. The predicted molar refractivity (Wildman–Crippen MR) is 74.7 cm³/mol. The quantitative estimate of drug-likeness (QED) is 0.817. The van der Waals surface area contributed by atoms with Gasteiger partial charge in [0.2, 0.25) is 0 Å². The number of ether oxygens (including phenoxy) is 1. The molecule has 0 aliphatic rings. The van der Waals surface area contributed by atoms with Crippen LogP contribution in [0.1, 0.15) is 18.7 Å². The summed E-state index contributed by atoms with van der Waals surface area (Å²) in [4.78, 5) is 0. The van der Waals surface area contributed by atoms with Gasteiger partial charge in [0.1, 0.15) is 12.4 Å². The molecule has 2 rings (SSSR count). The van der Waals surface area contributed by atoms with Crippen molar-refractivity contribution in [2.45, 2.75) is 13.0 Å². The lowest BCUT2D eigenvalue weighted by Crippen LogP contribution is -2.24. The lowest BCUT2D eigenvalue weighted by Gasteiger charge is -2.12. The Morgan fingerprint density at radius 2 is 2.26 bits per heavy atom. The maximum atomic E-state index is 13.4. The van der Waals surface area contributed by atoms with Crippen molar-refractivity contribution >= 4 is 15.9 Å². The van der Waals surface area contributed by atoms with Crippen molar-refractivity contribution in [3.8, 4) is 5.75 Å². The highest BCUT2D eigenvalue weighted by Crippen LogP contribution is 2.22. The molecule has 1 atom stereocenters. The molecular formula is C14H15BrFNO2. The van der Waals surface area contributed by atoms with E-state index in [0.29, 0.717) is 13.2 Å². The fraction of sp³-hybridized carbons (Fsp3) is 0.286. The first-order valence-corrected chi connectivity index (χ1v) is 6.81. The standard InChI is InChI=1S/C14H15BrFNO2/c1-10(13-3-2-7-18-13)17-6-8-19-14-9-11(15)4-5-12(14)16/h2-5,7,9-10,17H,6,8H2,1H3. The molecule has 1 aromatic carbocycles.